The van der Waals surface area contributed by atoms with Crippen LogP contribution in [-0.2, 0) is 0 Å². The first-order valence-corrected chi connectivity index (χ1v) is 8.16. The average molecular weight is 367 g/mol. The molecule has 0 bridgehead atoms. The van der Waals surface area contributed by atoms with Gasteiger partial charge in [0, 0.05) is 5.39 Å². The predicted molar refractivity (Wildman–Crippen MR) is 98.9 cm³/mol. The van der Waals surface area contributed by atoms with Crippen molar-refractivity contribution < 1.29 is 13.6 Å². The smallest absolute Gasteiger partial charge is 0.254 e. The molecule has 0 aliphatic rings. The molecule has 3 aromatic carbocycles. The third-order valence-electron chi connectivity index (χ3n) is 4.06. The first-order valence-electron chi connectivity index (χ1n) is 7.78. The third kappa shape index (κ3) is 2.82. The van der Waals surface area contributed by atoms with Crippen molar-refractivity contribution in [1.29, 1.82) is 0 Å². The standard InChI is InChI=1S/C20H12ClFN2O2/c21-16-9-12(6-7-17(16)22)24-20-15(19(23)25)10-14-13-4-2-1-3-11(13)5-8-18(14)26-20/h1-10H,(H2,23,25). The summed E-state index contributed by atoms with van der Waals surface area (Å²) in [5.74, 6) is -1.22. The van der Waals surface area contributed by atoms with Gasteiger partial charge in [-0.2, -0.15) is 0 Å². The van der Waals surface area contributed by atoms with E-state index in [9.17, 15) is 9.18 Å². The lowest BCUT2D eigenvalue weighted by molar-refractivity contribution is 0.0996. The highest BCUT2D eigenvalue weighted by molar-refractivity contribution is 6.31. The third-order valence-corrected chi connectivity index (χ3v) is 4.35. The van der Waals surface area contributed by atoms with Crippen LogP contribution in [0.15, 0.2) is 70.1 Å². The largest absolute Gasteiger partial charge is 0.438 e. The van der Waals surface area contributed by atoms with Gasteiger partial charge >= 0.3 is 0 Å². The van der Waals surface area contributed by atoms with Crippen molar-refractivity contribution in [1.82, 2.24) is 0 Å². The molecule has 2 N–H and O–H groups in total. The van der Waals surface area contributed by atoms with Crippen LogP contribution in [0.4, 0.5) is 10.1 Å². The number of nitrogens with zero attached hydrogens (tertiary/aromatic N) is 1. The zero-order chi connectivity index (χ0) is 18.3. The molecule has 0 saturated carbocycles. The minimum absolute atomic E-state index is 0.0444. The van der Waals surface area contributed by atoms with Crippen LogP contribution in [0.2, 0.25) is 5.02 Å². The minimum Gasteiger partial charge on any atom is -0.438 e. The fourth-order valence-corrected chi connectivity index (χ4v) is 2.98. The summed E-state index contributed by atoms with van der Waals surface area (Å²) < 4.78 is 19.2. The Morgan fingerprint density at radius 2 is 1.85 bits per heavy atom. The van der Waals surface area contributed by atoms with Gasteiger partial charge < -0.3 is 10.2 Å². The number of rotatable bonds is 2. The molecule has 0 aliphatic heterocycles. The summed E-state index contributed by atoms with van der Waals surface area (Å²) in [6, 6.07) is 17.1. The SMILES string of the molecule is NC(=O)c1cc2c(ccc3ccccc32)oc1=Nc1ccc(F)c(Cl)c1. The van der Waals surface area contributed by atoms with E-state index in [0.29, 0.717) is 11.3 Å². The zero-order valence-electron chi connectivity index (χ0n) is 13.4. The van der Waals surface area contributed by atoms with Crippen LogP contribution in [0, 0.1) is 5.82 Å². The van der Waals surface area contributed by atoms with Crippen molar-refractivity contribution >= 4 is 44.9 Å². The van der Waals surface area contributed by atoms with E-state index in [1.807, 2.05) is 30.3 Å². The second-order valence-corrected chi connectivity index (χ2v) is 6.15. The van der Waals surface area contributed by atoms with E-state index in [1.54, 1.807) is 12.1 Å². The van der Waals surface area contributed by atoms with Gasteiger partial charge in [-0.25, -0.2) is 9.38 Å². The van der Waals surface area contributed by atoms with E-state index in [0.717, 1.165) is 16.2 Å². The Bertz CT molecular complexity index is 1250. The van der Waals surface area contributed by atoms with Crippen LogP contribution < -0.4 is 11.3 Å². The second-order valence-electron chi connectivity index (χ2n) is 5.74. The number of carbonyl (C=O) groups excluding carboxylic acids is 1. The summed E-state index contributed by atoms with van der Waals surface area (Å²) in [6.45, 7) is 0. The fraction of sp³-hybridized carbons (Fsp3) is 0. The molecule has 128 valence electrons. The summed E-state index contributed by atoms with van der Waals surface area (Å²) in [6.07, 6.45) is 0. The number of carbonyl (C=O) groups is 1. The second kappa shape index (κ2) is 6.28. The molecular weight excluding hydrogens is 355 g/mol. The molecule has 0 atom stereocenters. The summed E-state index contributed by atoms with van der Waals surface area (Å²) >= 11 is 5.79. The number of halogens is 2. The molecular formula is C20H12ClFN2O2. The van der Waals surface area contributed by atoms with Crippen molar-refractivity contribution in [2.45, 2.75) is 0 Å². The van der Waals surface area contributed by atoms with Gasteiger partial charge in [-0.05, 0) is 41.1 Å². The monoisotopic (exact) mass is 366 g/mol. The van der Waals surface area contributed by atoms with E-state index in [-0.39, 0.29) is 16.1 Å². The lowest BCUT2D eigenvalue weighted by atomic mass is 10.0. The van der Waals surface area contributed by atoms with Gasteiger partial charge in [-0.1, -0.05) is 41.9 Å². The molecule has 4 aromatic rings. The van der Waals surface area contributed by atoms with Crippen molar-refractivity contribution in [3.05, 3.63) is 82.6 Å². The normalized spacial score (nSPS) is 12.0. The molecule has 26 heavy (non-hydrogen) atoms. The van der Waals surface area contributed by atoms with Gasteiger partial charge in [0.2, 0.25) is 5.55 Å². The van der Waals surface area contributed by atoms with Gasteiger partial charge in [-0.3, -0.25) is 4.79 Å². The average Bonchev–Trinajstić information content (AvgIpc) is 2.64. The van der Waals surface area contributed by atoms with Gasteiger partial charge in [0.15, 0.2) is 0 Å². The molecule has 0 radical (unpaired) electrons. The molecule has 1 heterocycles. The fourth-order valence-electron chi connectivity index (χ4n) is 2.81. The minimum atomic E-state index is -0.671. The van der Waals surface area contributed by atoms with Crippen molar-refractivity contribution in [3.63, 3.8) is 0 Å². The molecule has 4 nitrogen and oxygen atoms in total. The van der Waals surface area contributed by atoms with Crippen molar-refractivity contribution in [2.75, 3.05) is 0 Å². The summed E-state index contributed by atoms with van der Waals surface area (Å²) in [5, 5.41) is 2.64. The highest BCUT2D eigenvalue weighted by Gasteiger charge is 2.12. The van der Waals surface area contributed by atoms with Crippen LogP contribution in [0.25, 0.3) is 21.7 Å². The van der Waals surface area contributed by atoms with E-state index in [4.69, 9.17) is 21.8 Å². The lowest BCUT2D eigenvalue weighted by Crippen LogP contribution is -2.21. The topological polar surface area (TPSA) is 68.6 Å². The lowest BCUT2D eigenvalue weighted by Gasteiger charge is -2.06. The van der Waals surface area contributed by atoms with Crippen LogP contribution in [-0.4, -0.2) is 5.91 Å². The van der Waals surface area contributed by atoms with E-state index < -0.39 is 11.7 Å². The Morgan fingerprint density at radius 1 is 1.04 bits per heavy atom. The first-order chi connectivity index (χ1) is 12.5. The number of benzene rings is 3. The quantitative estimate of drug-likeness (QED) is 0.522. The number of hydrogen-bond acceptors (Lipinski definition) is 3. The molecule has 1 amide bonds. The van der Waals surface area contributed by atoms with Crippen LogP contribution in [0.5, 0.6) is 0 Å². The molecule has 4 rings (SSSR count). The number of amides is 1. The maximum Gasteiger partial charge on any atom is 0.254 e. The first kappa shape index (κ1) is 16.3. The van der Waals surface area contributed by atoms with Gasteiger partial charge in [0.1, 0.15) is 17.0 Å². The van der Waals surface area contributed by atoms with E-state index in [2.05, 4.69) is 4.99 Å². The van der Waals surface area contributed by atoms with Crippen LogP contribution in [0.3, 0.4) is 0 Å². The predicted octanol–water partition coefficient (Wildman–Crippen LogP) is 4.71. The number of primary amides is 1. The molecule has 0 spiro atoms. The Balaban J connectivity index is 2.04. The summed E-state index contributed by atoms with van der Waals surface area (Å²) in [7, 11) is 0. The van der Waals surface area contributed by atoms with E-state index >= 15 is 0 Å². The Kier molecular flexibility index (Phi) is 3.93. The van der Waals surface area contributed by atoms with Gasteiger partial charge in [0.25, 0.3) is 5.91 Å². The van der Waals surface area contributed by atoms with Crippen molar-refractivity contribution in [3.8, 4) is 0 Å². The molecule has 1 aromatic heterocycles. The molecule has 6 heteroatoms. The highest BCUT2D eigenvalue weighted by atomic mass is 35.5. The zero-order valence-corrected chi connectivity index (χ0v) is 14.1. The highest BCUT2D eigenvalue weighted by Crippen LogP contribution is 2.26. The maximum absolute atomic E-state index is 13.3. The molecule has 0 aliphatic carbocycles. The number of nitrogens with two attached hydrogens (primary N) is 1. The Morgan fingerprint density at radius 3 is 2.62 bits per heavy atom. The Labute approximate surface area is 152 Å². The Hall–Kier alpha value is -3.18. The van der Waals surface area contributed by atoms with Gasteiger partial charge in [-0.15, -0.1) is 0 Å². The molecule has 0 unspecified atom stereocenters. The molecule has 0 saturated heterocycles. The van der Waals surface area contributed by atoms with Gasteiger partial charge in [0.05, 0.1) is 10.7 Å². The van der Waals surface area contributed by atoms with Crippen LogP contribution in [0.1, 0.15) is 10.4 Å². The summed E-state index contributed by atoms with van der Waals surface area (Å²) in [5.41, 5.74) is 6.60. The van der Waals surface area contributed by atoms with Crippen LogP contribution >= 0.6 is 11.6 Å². The number of hydrogen-bond donors (Lipinski definition) is 1. The van der Waals surface area contributed by atoms with Crippen molar-refractivity contribution in [2.24, 2.45) is 10.7 Å². The maximum atomic E-state index is 13.3. The summed E-state index contributed by atoms with van der Waals surface area (Å²) in [4.78, 5) is 16.2. The molecule has 0 fully saturated rings. The number of fused-ring (bicyclic) bond motifs is 3. The van der Waals surface area contributed by atoms with E-state index in [1.165, 1.54) is 18.2 Å².